The molecule has 11 rings (SSSR count). The van der Waals surface area contributed by atoms with Crippen molar-refractivity contribution in [1.82, 2.24) is 24.5 Å². The van der Waals surface area contributed by atoms with Crippen LogP contribution in [0.1, 0.15) is 0 Å². The number of aromatic nitrogens is 5. The van der Waals surface area contributed by atoms with Crippen molar-refractivity contribution in [2.24, 2.45) is 0 Å². The quantitative estimate of drug-likeness (QED) is 0.180. The molecule has 0 radical (unpaired) electrons. The standard InChI is InChI=1S/C48H29N5O/c1-2-12-34-30(10-1)11-9-16-35(34)31-20-22-32(23-21-31)46-50-47(33-24-25-38-40-29-49-27-26-44(40)54-45(38)28-33)52-48(51-46)39-15-5-8-19-43(39)53-41-17-6-3-13-36(41)37-14-4-7-18-42(37)53/h1-29H. The number of para-hydroxylation sites is 3. The Morgan fingerprint density at radius 2 is 1.02 bits per heavy atom. The largest absolute Gasteiger partial charge is 0.456 e. The van der Waals surface area contributed by atoms with Gasteiger partial charge in [-0.1, -0.05) is 121 Å². The monoisotopic (exact) mass is 691 g/mol. The van der Waals surface area contributed by atoms with Crippen LogP contribution in [0.5, 0.6) is 0 Å². The van der Waals surface area contributed by atoms with E-state index in [2.05, 4.69) is 155 Å². The normalized spacial score (nSPS) is 11.7. The second-order valence-electron chi connectivity index (χ2n) is 13.5. The van der Waals surface area contributed by atoms with E-state index in [1.165, 1.54) is 27.1 Å². The molecule has 0 bridgehead atoms. The van der Waals surface area contributed by atoms with Crippen molar-refractivity contribution in [3.8, 4) is 51.0 Å². The molecule has 0 amide bonds. The number of pyridine rings is 1. The SMILES string of the molecule is c1ccc(-n2c3ccccc3c3ccccc32)c(-c2nc(-c3ccc(-c4cccc5ccccc45)cc3)nc(-c3ccc4c(c3)oc3ccncc34)n2)c1. The molecule has 0 saturated heterocycles. The third-order valence-electron chi connectivity index (χ3n) is 10.4. The molecule has 4 heterocycles. The minimum atomic E-state index is 0.561. The van der Waals surface area contributed by atoms with E-state index in [9.17, 15) is 0 Å². The van der Waals surface area contributed by atoms with E-state index >= 15 is 0 Å². The minimum Gasteiger partial charge on any atom is -0.456 e. The number of hydrogen-bond acceptors (Lipinski definition) is 5. The third-order valence-corrected chi connectivity index (χ3v) is 10.4. The van der Waals surface area contributed by atoms with E-state index in [-0.39, 0.29) is 0 Å². The van der Waals surface area contributed by atoms with Gasteiger partial charge in [-0.3, -0.25) is 4.98 Å². The van der Waals surface area contributed by atoms with E-state index < -0.39 is 0 Å². The van der Waals surface area contributed by atoms with Crippen LogP contribution in [0, 0.1) is 0 Å². The van der Waals surface area contributed by atoms with Crippen molar-refractivity contribution >= 4 is 54.5 Å². The van der Waals surface area contributed by atoms with Crippen molar-refractivity contribution in [3.63, 3.8) is 0 Å². The lowest BCUT2D eigenvalue weighted by molar-refractivity contribution is 0.668. The third kappa shape index (κ3) is 4.81. The summed E-state index contributed by atoms with van der Waals surface area (Å²) < 4.78 is 8.58. The van der Waals surface area contributed by atoms with Gasteiger partial charge in [0, 0.05) is 50.6 Å². The Morgan fingerprint density at radius 3 is 1.83 bits per heavy atom. The maximum atomic E-state index is 6.27. The van der Waals surface area contributed by atoms with Crippen molar-refractivity contribution in [1.29, 1.82) is 0 Å². The van der Waals surface area contributed by atoms with Gasteiger partial charge in [-0.25, -0.2) is 15.0 Å². The minimum absolute atomic E-state index is 0.561. The van der Waals surface area contributed by atoms with E-state index in [0.717, 1.165) is 60.9 Å². The fourth-order valence-corrected chi connectivity index (χ4v) is 7.83. The molecule has 54 heavy (non-hydrogen) atoms. The number of benzene rings is 7. The van der Waals surface area contributed by atoms with Crippen LogP contribution in [-0.2, 0) is 0 Å². The molecule has 0 unspecified atom stereocenters. The van der Waals surface area contributed by atoms with Crippen LogP contribution in [0.2, 0.25) is 0 Å². The van der Waals surface area contributed by atoms with Crippen LogP contribution in [0.15, 0.2) is 181 Å². The van der Waals surface area contributed by atoms with Gasteiger partial charge >= 0.3 is 0 Å². The molecule has 11 aromatic rings. The molecule has 0 atom stereocenters. The first-order valence-electron chi connectivity index (χ1n) is 18.0. The van der Waals surface area contributed by atoms with Crippen molar-refractivity contribution in [2.45, 2.75) is 0 Å². The van der Waals surface area contributed by atoms with Crippen LogP contribution >= 0.6 is 0 Å². The molecular formula is C48H29N5O. The molecule has 0 spiro atoms. The van der Waals surface area contributed by atoms with Gasteiger partial charge < -0.3 is 8.98 Å². The summed E-state index contributed by atoms with van der Waals surface area (Å²) in [5, 5.41) is 6.79. The van der Waals surface area contributed by atoms with Crippen LogP contribution in [-0.4, -0.2) is 24.5 Å². The zero-order valence-electron chi connectivity index (χ0n) is 28.9. The van der Waals surface area contributed by atoms with Gasteiger partial charge in [-0.15, -0.1) is 0 Å². The zero-order valence-corrected chi connectivity index (χ0v) is 28.9. The van der Waals surface area contributed by atoms with Gasteiger partial charge in [0.25, 0.3) is 0 Å². The number of rotatable bonds is 5. The number of hydrogen-bond donors (Lipinski definition) is 0. The Hall–Kier alpha value is -7.44. The summed E-state index contributed by atoms with van der Waals surface area (Å²) in [4.78, 5) is 19.9. The van der Waals surface area contributed by atoms with E-state index in [4.69, 9.17) is 19.4 Å². The predicted octanol–water partition coefficient (Wildman–Crippen LogP) is 12.1. The second kappa shape index (κ2) is 12.1. The molecule has 6 heteroatoms. The van der Waals surface area contributed by atoms with Gasteiger partial charge in [-0.2, -0.15) is 0 Å². The maximum absolute atomic E-state index is 6.27. The lowest BCUT2D eigenvalue weighted by atomic mass is 9.97. The fourth-order valence-electron chi connectivity index (χ4n) is 7.83. The maximum Gasteiger partial charge on any atom is 0.166 e. The predicted molar refractivity (Wildman–Crippen MR) is 218 cm³/mol. The Labute approximate surface area is 309 Å². The molecule has 0 aliphatic carbocycles. The molecule has 0 aliphatic heterocycles. The van der Waals surface area contributed by atoms with Gasteiger partial charge in [-0.05, 0) is 64.4 Å². The summed E-state index contributed by atoms with van der Waals surface area (Å²) in [7, 11) is 0. The van der Waals surface area contributed by atoms with Crippen molar-refractivity contribution in [2.75, 3.05) is 0 Å². The summed E-state index contributed by atoms with van der Waals surface area (Å²) in [5.74, 6) is 1.73. The molecule has 0 saturated carbocycles. The van der Waals surface area contributed by atoms with Crippen LogP contribution in [0.4, 0.5) is 0 Å². The molecule has 0 N–H and O–H groups in total. The topological polar surface area (TPSA) is 69.6 Å². The molecule has 0 aliphatic rings. The Balaban J connectivity index is 1.11. The highest BCUT2D eigenvalue weighted by Crippen LogP contribution is 2.37. The van der Waals surface area contributed by atoms with Gasteiger partial charge in [0.2, 0.25) is 0 Å². The first-order chi connectivity index (χ1) is 26.8. The van der Waals surface area contributed by atoms with Crippen LogP contribution in [0.25, 0.3) is 105 Å². The smallest absolute Gasteiger partial charge is 0.166 e. The first kappa shape index (κ1) is 30.2. The first-order valence-corrected chi connectivity index (χ1v) is 18.0. The van der Waals surface area contributed by atoms with Gasteiger partial charge in [0.15, 0.2) is 17.5 Å². The molecule has 4 aromatic heterocycles. The summed E-state index contributed by atoms with van der Waals surface area (Å²) in [6.07, 6.45) is 3.59. The highest BCUT2D eigenvalue weighted by atomic mass is 16.3. The van der Waals surface area contributed by atoms with E-state index in [1.807, 2.05) is 24.4 Å². The lowest BCUT2D eigenvalue weighted by Gasteiger charge is -2.14. The average molecular weight is 692 g/mol. The van der Waals surface area contributed by atoms with Crippen LogP contribution < -0.4 is 0 Å². The summed E-state index contributed by atoms with van der Waals surface area (Å²) >= 11 is 0. The lowest BCUT2D eigenvalue weighted by Crippen LogP contribution is -2.03. The van der Waals surface area contributed by atoms with E-state index in [1.54, 1.807) is 6.20 Å². The highest BCUT2D eigenvalue weighted by molar-refractivity contribution is 6.10. The molecule has 6 nitrogen and oxygen atoms in total. The van der Waals surface area contributed by atoms with Crippen molar-refractivity contribution in [3.05, 3.63) is 176 Å². The highest BCUT2D eigenvalue weighted by Gasteiger charge is 2.20. The second-order valence-corrected chi connectivity index (χ2v) is 13.5. The summed E-state index contributed by atoms with van der Waals surface area (Å²) in [5.41, 5.74) is 9.73. The number of fused-ring (bicyclic) bond motifs is 7. The molecule has 7 aromatic carbocycles. The molecule has 252 valence electrons. The summed E-state index contributed by atoms with van der Waals surface area (Å²) in [6.45, 7) is 0. The van der Waals surface area contributed by atoms with Crippen molar-refractivity contribution < 1.29 is 4.42 Å². The van der Waals surface area contributed by atoms with E-state index in [0.29, 0.717) is 17.5 Å². The number of furan rings is 1. The summed E-state index contributed by atoms with van der Waals surface area (Å²) in [6, 6.07) is 56.9. The molecule has 0 fully saturated rings. The average Bonchev–Trinajstić information content (AvgIpc) is 3.79. The van der Waals surface area contributed by atoms with Gasteiger partial charge in [0.1, 0.15) is 11.2 Å². The van der Waals surface area contributed by atoms with Gasteiger partial charge in [0.05, 0.1) is 16.7 Å². The Kier molecular flexibility index (Phi) is 6.75. The fraction of sp³-hybridized carbons (Fsp3) is 0. The number of nitrogens with zero attached hydrogens (tertiary/aromatic N) is 5. The Morgan fingerprint density at radius 1 is 0.407 bits per heavy atom. The molecular weight excluding hydrogens is 663 g/mol. The van der Waals surface area contributed by atoms with Crippen LogP contribution in [0.3, 0.4) is 0 Å². The Bertz CT molecular complexity index is 3170. The zero-order chi connectivity index (χ0) is 35.6.